The second kappa shape index (κ2) is 7.88. The zero-order chi connectivity index (χ0) is 16.1. The van der Waals surface area contributed by atoms with Crippen molar-refractivity contribution < 1.29 is 9.53 Å². The van der Waals surface area contributed by atoms with E-state index in [-0.39, 0.29) is 5.91 Å². The summed E-state index contributed by atoms with van der Waals surface area (Å²) in [7, 11) is 1.65. The highest BCUT2D eigenvalue weighted by atomic mass is 32.2. The van der Waals surface area contributed by atoms with E-state index in [1.54, 1.807) is 7.11 Å². The van der Waals surface area contributed by atoms with Crippen LogP contribution in [0.3, 0.4) is 0 Å². The molecule has 1 aliphatic rings. The number of carbonyl (C=O) groups excluding carboxylic acids is 1. The third-order valence-electron chi connectivity index (χ3n) is 4.07. The van der Waals surface area contributed by atoms with Gasteiger partial charge in [-0.2, -0.15) is 11.8 Å². The lowest BCUT2D eigenvalue weighted by Gasteiger charge is -2.20. The predicted octanol–water partition coefficient (Wildman–Crippen LogP) is 4.01. The van der Waals surface area contributed by atoms with Gasteiger partial charge in [-0.25, -0.2) is 0 Å². The lowest BCUT2D eigenvalue weighted by molar-refractivity contribution is -0.130. The zero-order valence-electron chi connectivity index (χ0n) is 13.2. The second-order valence-corrected chi connectivity index (χ2v) is 7.86. The van der Waals surface area contributed by atoms with E-state index in [4.69, 9.17) is 4.74 Å². The van der Waals surface area contributed by atoms with Crippen molar-refractivity contribution in [2.24, 2.45) is 0 Å². The van der Waals surface area contributed by atoms with Crippen LogP contribution in [0.1, 0.15) is 22.1 Å². The summed E-state index contributed by atoms with van der Waals surface area (Å²) in [6, 6.07) is 12.1. The van der Waals surface area contributed by atoms with Crippen LogP contribution in [-0.4, -0.2) is 36.8 Å². The predicted molar refractivity (Wildman–Crippen MR) is 97.4 cm³/mol. The summed E-state index contributed by atoms with van der Waals surface area (Å²) in [6.45, 7) is 1.70. The van der Waals surface area contributed by atoms with Crippen LogP contribution in [0.2, 0.25) is 0 Å². The summed E-state index contributed by atoms with van der Waals surface area (Å²) in [5.74, 6) is 2.06. The number of rotatable bonds is 4. The minimum Gasteiger partial charge on any atom is -0.497 e. The Morgan fingerprint density at radius 1 is 1.26 bits per heavy atom. The van der Waals surface area contributed by atoms with Gasteiger partial charge in [0.2, 0.25) is 5.91 Å². The van der Waals surface area contributed by atoms with E-state index in [1.807, 2.05) is 52.3 Å². The molecule has 0 bridgehead atoms. The van der Waals surface area contributed by atoms with E-state index < -0.39 is 0 Å². The number of thiophene rings is 1. The van der Waals surface area contributed by atoms with Crippen LogP contribution in [0.4, 0.5) is 0 Å². The molecular formula is C18H21NO2S2. The molecule has 1 aromatic heterocycles. The summed E-state index contributed by atoms with van der Waals surface area (Å²) in [4.78, 5) is 16.0. The third kappa shape index (κ3) is 4.30. The summed E-state index contributed by atoms with van der Waals surface area (Å²) < 4.78 is 5.16. The molecule has 122 valence electrons. The second-order valence-electron chi connectivity index (χ2n) is 5.57. The molecule has 3 rings (SSSR count). The molecule has 0 spiro atoms. The molecule has 23 heavy (non-hydrogen) atoms. The van der Waals surface area contributed by atoms with Crippen LogP contribution < -0.4 is 4.74 Å². The quantitative estimate of drug-likeness (QED) is 0.837. The van der Waals surface area contributed by atoms with Crippen molar-refractivity contribution >= 4 is 29.0 Å². The third-order valence-corrected chi connectivity index (χ3v) is 6.51. The molecule has 1 aliphatic heterocycles. The smallest absolute Gasteiger partial charge is 0.227 e. The molecule has 1 unspecified atom stereocenters. The van der Waals surface area contributed by atoms with Gasteiger partial charge in [0, 0.05) is 29.0 Å². The van der Waals surface area contributed by atoms with Crippen LogP contribution in [0.25, 0.3) is 0 Å². The summed E-state index contributed by atoms with van der Waals surface area (Å²) >= 11 is 3.79. The maximum atomic E-state index is 12.6. The molecule has 0 saturated carbocycles. The van der Waals surface area contributed by atoms with Crippen LogP contribution in [0.5, 0.6) is 5.75 Å². The first kappa shape index (κ1) is 16.4. The Labute approximate surface area is 145 Å². The van der Waals surface area contributed by atoms with Crippen molar-refractivity contribution in [3.05, 3.63) is 52.2 Å². The average molecular weight is 348 g/mol. The molecule has 2 heterocycles. The van der Waals surface area contributed by atoms with Gasteiger partial charge in [-0.3, -0.25) is 4.79 Å². The van der Waals surface area contributed by atoms with Crippen LogP contribution in [-0.2, 0) is 11.2 Å². The first-order chi connectivity index (χ1) is 11.3. The Hall–Kier alpha value is -1.46. The van der Waals surface area contributed by atoms with Crippen molar-refractivity contribution in [2.75, 3.05) is 26.0 Å². The molecule has 3 nitrogen and oxygen atoms in total. The van der Waals surface area contributed by atoms with E-state index in [9.17, 15) is 4.79 Å². The summed E-state index contributed by atoms with van der Waals surface area (Å²) in [6.07, 6.45) is 1.51. The van der Waals surface area contributed by atoms with Crippen molar-refractivity contribution in [2.45, 2.75) is 18.1 Å². The molecule has 1 saturated heterocycles. The number of carbonyl (C=O) groups is 1. The molecule has 0 N–H and O–H groups in total. The molecule has 1 amide bonds. The Kier molecular flexibility index (Phi) is 5.62. The summed E-state index contributed by atoms with van der Waals surface area (Å²) in [5.41, 5.74) is 1.04. The summed E-state index contributed by atoms with van der Waals surface area (Å²) in [5, 5.41) is 2.67. The first-order valence-corrected chi connectivity index (χ1v) is 9.75. The fraction of sp³-hybridized carbons (Fsp3) is 0.389. The van der Waals surface area contributed by atoms with E-state index in [2.05, 4.69) is 17.5 Å². The van der Waals surface area contributed by atoms with Crippen LogP contribution >= 0.6 is 23.1 Å². The lowest BCUT2D eigenvalue weighted by Crippen LogP contribution is -2.34. The molecule has 0 radical (unpaired) electrons. The maximum Gasteiger partial charge on any atom is 0.227 e. The van der Waals surface area contributed by atoms with E-state index in [0.29, 0.717) is 11.7 Å². The van der Waals surface area contributed by atoms with E-state index >= 15 is 0 Å². The Balaban J connectivity index is 1.57. The Morgan fingerprint density at radius 2 is 2.09 bits per heavy atom. The first-order valence-electron chi connectivity index (χ1n) is 7.82. The number of amides is 1. The largest absolute Gasteiger partial charge is 0.497 e. The topological polar surface area (TPSA) is 29.5 Å². The number of ether oxygens (including phenoxy) is 1. The van der Waals surface area contributed by atoms with Crippen molar-refractivity contribution in [1.29, 1.82) is 0 Å². The van der Waals surface area contributed by atoms with Crippen molar-refractivity contribution in [1.82, 2.24) is 4.90 Å². The molecule has 5 heteroatoms. The van der Waals surface area contributed by atoms with Gasteiger partial charge in [-0.15, -0.1) is 11.3 Å². The van der Waals surface area contributed by atoms with Gasteiger partial charge in [0.1, 0.15) is 5.75 Å². The molecule has 1 fully saturated rings. The maximum absolute atomic E-state index is 12.6. The molecule has 0 aliphatic carbocycles. The Morgan fingerprint density at radius 3 is 2.78 bits per heavy atom. The van der Waals surface area contributed by atoms with Gasteiger partial charge in [0.15, 0.2) is 0 Å². The minimum absolute atomic E-state index is 0.225. The van der Waals surface area contributed by atoms with Gasteiger partial charge in [0.05, 0.1) is 13.5 Å². The fourth-order valence-corrected chi connectivity index (χ4v) is 4.99. The lowest BCUT2D eigenvalue weighted by atomic mass is 10.1. The number of hydrogen-bond donors (Lipinski definition) is 0. The van der Waals surface area contributed by atoms with Crippen LogP contribution in [0, 0.1) is 0 Å². The molecule has 2 aromatic rings. The number of hydrogen-bond acceptors (Lipinski definition) is 4. The van der Waals surface area contributed by atoms with Gasteiger partial charge >= 0.3 is 0 Å². The van der Waals surface area contributed by atoms with E-state index in [1.165, 1.54) is 4.88 Å². The highest BCUT2D eigenvalue weighted by molar-refractivity contribution is 7.99. The van der Waals surface area contributed by atoms with E-state index in [0.717, 1.165) is 36.6 Å². The van der Waals surface area contributed by atoms with Gasteiger partial charge in [-0.1, -0.05) is 18.2 Å². The monoisotopic (exact) mass is 347 g/mol. The molecule has 1 atom stereocenters. The highest BCUT2D eigenvalue weighted by Gasteiger charge is 2.22. The highest BCUT2D eigenvalue weighted by Crippen LogP contribution is 2.36. The van der Waals surface area contributed by atoms with Crippen LogP contribution in [0.15, 0.2) is 41.8 Å². The molecular weight excluding hydrogens is 326 g/mol. The number of benzene rings is 1. The van der Waals surface area contributed by atoms with Gasteiger partial charge in [0.25, 0.3) is 0 Å². The fourth-order valence-electron chi connectivity index (χ4n) is 2.75. The van der Waals surface area contributed by atoms with Crippen molar-refractivity contribution in [3.63, 3.8) is 0 Å². The number of nitrogens with zero attached hydrogens (tertiary/aromatic N) is 1. The van der Waals surface area contributed by atoms with Gasteiger partial charge < -0.3 is 9.64 Å². The average Bonchev–Trinajstić information content (AvgIpc) is 3.00. The minimum atomic E-state index is 0.225. The standard InChI is InChI=1S/C18H21NO2S2/c1-21-15-6-4-14(5-7-15)13-18(20)19-9-8-17(23-12-10-19)16-3-2-11-22-16/h2-7,11,17H,8-10,12-13H2,1H3. The number of thioether (sulfide) groups is 1. The SMILES string of the molecule is COc1ccc(CC(=O)N2CCSC(c3cccs3)CC2)cc1. The normalized spacial score (nSPS) is 18.5. The zero-order valence-corrected chi connectivity index (χ0v) is 14.9. The molecule has 1 aromatic carbocycles. The number of methoxy groups -OCH3 is 1. The Bertz CT molecular complexity index is 625. The van der Waals surface area contributed by atoms with Crippen molar-refractivity contribution in [3.8, 4) is 5.75 Å². The van der Waals surface area contributed by atoms with Gasteiger partial charge in [-0.05, 0) is 35.6 Å².